The van der Waals surface area contributed by atoms with E-state index >= 15 is 0 Å². The van der Waals surface area contributed by atoms with Crippen LogP contribution in [0.15, 0.2) is 42.5 Å². The first-order valence-electron chi connectivity index (χ1n) is 10.9. The van der Waals surface area contributed by atoms with E-state index in [1.54, 1.807) is 12.1 Å². The number of urea groups is 1. The standard InChI is InChI=1S/C24H31FN4O3/c1-5-18-8-6-7-9-21(18)27-23(30)15-28(4)24(31)26-19-10-11-22(20(25)12-19)29-13-16(2)32-17(3)14-29/h6-12,16-17H,5,13-15H2,1-4H3,(H,26,31)(H,27,30). The Labute approximate surface area is 188 Å². The Morgan fingerprint density at radius 1 is 1.12 bits per heavy atom. The van der Waals surface area contributed by atoms with E-state index in [1.807, 2.05) is 49.9 Å². The number of para-hydroxylation sites is 1. The van der Waals surface area contributed by atoms with Gasteiger partial charge in [0.1, 0.15) is 12.4 Å². The zero-order chi connectivity index (χ0) is 23.3. The van der Waals surface area contributed by atoms with Crippen LogP contribution in [0.4, 0.5) is 26.2 Å². The van der Waals surface area contributed by atoms with E-state index in [9.17, 15) is 14.0 Å². The van der Waals surface area contributed by atoms with Crippen molar-refractivity contribution in [2.24, 2.45) is 0 Å². The fraction of sp³-hybridized carbons (Fsp3) is 0.417. The average Bonchev–Trinajstić information content (AvgIpc) is 2.73. The third kappa shape index (κ3) is 5.97. The number of benzene rings is 2. The number of nitrogens with zero attached hydrogens (tertiary/aromatic N) is 2. The molecular formula is C24H31FN4O3. The number of morpholine rings is 1. The van der Waals surface area contributed by atoms with Gasteiger partial charge in [0.2, 0.25) is 5.91 Å². The van der Waals surface area contributed by atoms with Crippen molar-refractivity contribution < 1.29 is 18.7 Å². The Balaban J connectivity index is 1.57. The number of rotatable bonds is 6. The fourth-order valence-corrected chi connectivity index (χ4v) is 3.86. The van der Waals surface area contributed by atoms with Crippen molar-refractivity contribution in [3.05, 3.63) is 53.8 Å². The summed E-state index contributed by atoms with van der Waals surface area (Å²) in [6.07, 6.45) is 0.819. The van der Waals surface area contributed by atoms with Crippen LogP contribution in [0.1, 0.15) is 26.3 Å². The van der Waals surface area contributed by atoms with Gasteiger partial charge in [-0.05, 0) is 50.1 Å². The summed E-state index contributed by atoms with van der Waals surface area (Å²) in [6.45, 7) is 7.01. The smallest absolute Gasteiger partial charge is 0.322 e. The Bertz CT molecular complexity index is 958. The lowest BCUT2D eigenvalue weighted by molar-refractivity contribution is -0.116. The van der Waals surface area contributed by atoms with Crippen LogP contribution in [-0.2, 0) is 16.0 Å². The Hall–Kier alpha value is -3.13. The molecule has 2 N–H and O–H groups in total. The van der Waals surface area contributed by atoms with Crippen molar-refractivity contribution in [1.82, 2.24) is 4.90 Å². The molecule has 0 spiro atoms. The third-order valence-corrected chi connectivity index (χ3v) is 5.36. The van der Waals surface area contributed by atoms with Crippen LogP contribution >= 0.6 is 0 Å². The van der Waals surface area contributed by atoms with Crippen LogP contribution in [0.2, 0.25) is 0 Å². The zero-order valence-corrected chi connectivity index (χ0v) is 19.0. The van der Waals surface area contributed by atoms with Crippen LogP contribution in [0.3, 0.4) is 0 Å². The molecule has 1 heterocycles. The maximum absolute atomic E-state index is 14.8. The molecule has 3 rings (SSSR count). The predicted octanol–water partition coefficient (Wildman–Crippen LogP) is 4.10. The number of amides is 3. The van der Waals surface area contributed by atoms with Gasteiger partial charge in [-0.25, -0.2) is 9.18 Å². The first kappa shape index (κ1) is 23.5. The minimum Gasteiger partial charge on any atom is -0.372 e. The summed E-state index contributed by atoms with van der Waals surface area (Å²) in [5.41, 5.74) is 2.56. The predicted molar refractivity (Wildman–Crippen MR) is 125 cm³/mol. The van der Waals surface area contributed by atoms with Gasteiger partial charge in [0, 0.05) is 31.5 Å². The minimum atomic E-state index is -0.496. The molecule has 1 saturated heterocycles. The summed E-state index contributed by atoms with van der Waals surface area (Å²) in [5.74, 6) is -0.721. The normalized spacial score (nSPS) is 18.2. The third-order valence-electron chi connectivity index (χ3n) is 5.36. The molecule has 7 nitrogen and oxygen atoms in total. The first-order valence-corrected chi connectivity index (χ1v) is 10.9. The van der Waals surface area contributed by atoms with Gasteiger partial charge in [0.05, 0.1) is 17.9 Å². The number of hydrogen-bond donors (Lipinski definition) is 2. The Morgan fingerprint density at radius 2 is 1.81 bits per heavy atom. The van der Waals surface area contributed by atoms with Crippen molar-refractivity contribution in [1.29, 1.82) is 0 Å². The number of halogens is 1. The lowest BCUT2D eigenvalue weighted by atomic mass is 10.1. The van der Waals surface area contributed by atoms with E-state index in [2.05, 4.69) is 10.6 Å². The van der Waals surface area contributed by atoms with E-state index in [1.165, 1.54) is 18.0 Å². The summed E-state index contributed by atoms with van der Waals surface area (Å²) in [6, 6.07) is 11.7. The number of hydrogen-bond acceptors (Lipinski definition) is 4. The number of nitrogens with one attached hydrogen (secondary N) is 2. The molecule has 8 heteroatoms. The molecule has 0 saturated carbocycles. The molecule has 32 heavy (non-hydrogen) atoms. The molecule has 3 amide bonds. The van der Waals surface area contributed by atoms with Gasteiger partial charge < -0.3 is 25.2 Å². The van der Waals surface area contributed by atoms with E-state index in [0.29, 0.717) is 24.5 Å². The maximum Gasteiger partial charge on any atom is 0.322 e. The lowest BCUT2D eigenvalue weighted by Gasteiger charge is -2.37. The number of anilines is 3. The molecule has 172 valence electrons. The van der Waals surface area contributed by atoms with Crippen LogP contribution in [0.25, 0.3) is 0 Å². The van der Waals surface area contributed by atoms with Gasteiger partial charge in [0.25, 0.3) is 0 Å². The molecule has 0 aliphatic carbocycles. The first-order chi connectivity index (χ1) is 15.3. The summed E-state index contributed by atoms with van der Waals surface area (Å²) in [4.78, 5) is 28.1. The van der Waals surface area contributed by atoms with Gasteiger partial charge in [0.15, 0.2) is 0 Å². The van der Waals surface area contributed by atoms with Gasteiger partial charge in [-0.2, -0.15) is 0 Å². The molecule has 1 fully saturated rings. The largest absolute Gasteiger partial charge is 0.372 e. The van der Waals surface area contributed by atoms with Gasteiger partial charge in [-0.15, -0.1) is 0 Å². The lowest BCUT2D eigenvalue weighted by Crippen LogP contribution is -2.45. The van der Waals surface area contributed by atoms with Crippen molar-refractivity contribution in [3.8, 4) is 0 Å². The molecule has 2 atom stereocenters. The summed E-state index contributed by atoms with van der Waals surface area (Å²) < 4.78 is 20.5. The second-order valence-corrected chi connectivity index (χ2v) is 8.17. The number of aryl methyl sites for hydroxylation is 1. The van der Waals surface area contributed by atoms with Gasteiger partial charge >= 0.3 is 6.03 Å². The van der Waals surface area contributed by atoms with E-state index in [4.69, 9.17) is 4.74 Å². The molecule has 1 aliphatic heterocycles. The van der Waals surface area contributed by atoms with E-state index in [-0.39, 0.29) is 24.7 Å². The number of likely N-dealkylation sites (N-methyl/N-ethyl adjacent to an activating group) is 1. The topological polar surface area (TPSA) is 73.9 Å². The van der Waals surface area contributed by atoms with Crippen molar-refractivity contribution in [2.45, 2.75) is 39.4 Å². The molecule has 0 bridgehead atoms. The quantitative estimate of drug-likeness (QED) is 0.706. The number of carbonyl (C=O) groups is 2. The van der Waals surface area contributed by atoms with Crippen molar-refractivity contribution in [3.63, 3.8) is 0 Å². The summed E-state index contributed by atoms with van der Waals surface area (Å²) >= 11 is 0. The molecule has 0 radical (unpaired) electrons. The van der Waals surface area contributed by atoms with E-state index in [0.717, 1.165) is 17.7 Å². The highest BCUT2D eigenvalue weighted by Gasteiger charge is 2.24. The van der Waals surface area contributed by atoms with Crippen LogP contribution in [0.5, 0.6) is 0 Å². The molecule has 1 aliphatic rings. The monoisotopic (exact) mass is 442 g/mol. The summed E-state index contributed by atoms with van der Waals surface area (Å²) in [5, 5.41) is 5.48. The van der Waals surface area contributed by atoms with Gasteiger partial charge in [-0.3, -0.25) is 4.79 Å². The van der Waals surface area contributed by atoms with Crippen molar-refractivity contribution >= 4 is 29.0 Å². The maximum atomic E-state index is 14.8. The number of ether oxygens (including phenoxy) is 1. The average molecular weight is 443 g/mol. The molecule has 2 unspecified atom stereocenters. The van der Waals surface area contributed by atoms with Crippen molar-refractivity contribution in [2.75, 3.05) is 42.2 Å². The summed E-state index contributed by atoms with van der Waals surface area (Å²) in [7, 11) is 1.52. The molecule has 2 aromatic rings. The fourth-order valence-electron chi connectivity index (χ4n) is 3.86. The number of carbonyl (C=O) groups excluding carboxylic acids is 2. The Morgan fingerprint density at radius 3 is 2.47 bits per heavy atom. The highest BCUT2D eigenvalue weighted by atomic mass is 19.1. The van der Waals surface area contributed by atoms with Crippen LogP contribution < -0.4 is 15.5 Å². The van der Waals surface area contributed by atoms with Gasteiger partial charge in [-0.1, -0.05) is 25.1 Å². The molecular weight excluding hydrogens is 411 g/mol. The molecule has 0 aromatic heterocycles. The van der Waals surface area contributed by atoms with E-state index < -0.39 is 11.8 Å². The second kappa shape index (κ2) is 10.5. The molecule has 2 aromatic carbocycles. The zero-order valence-electron chi connectivity index (χ0n) is 19.0. The Kier molecular flexibility index (Phi) is 7.69. The minimum absolute atomic E-state index is 0.0154. The SMILES string of the molecule is CCc1ccccc1NC(=O)CN(C)C(=O)Nc1ccc(N2CC(C)OC(C)C2)c(F)c1. The second-order valence-electron chi connectivity index (χ2n) is 8.17. The highest BCUT2D eigenvalue weighted by molar-refractivity contribution is 5.97. The van der Waals surface area contributed by atoms with Crippen LogP contribution in [-0.4, -0.2) is 55.7 Å². The van der Waals surface area contributed by atoms with Crippen LogP contribution in [0, 0.1) is 5.82 Å². The highest BCUT2D eigenvalue weighted by Crippen LogP contribution is 2.26.